The summed E-state index contributed by atoms with van der Waals surface area (Å²) in [7, 11) is 0. The molecular formula is C22H18ClN3O3. The molecule has 1 amide bonds. The molecule has 0 saturated heterocycles. The van der Waals surface area contributed by atoms with E-state index in [0.29, 0.717) is 32.9 Å². The van der Waals surface area contributed by atoms with Crippen LogP contribution in [-0.2, 0) is 9.53 Å². The zero-order chi connectivity index (χ0) is 20.8. The first-order valence-electron chi connectivity index (χ1n) is 8.96. The second-order valence-corrected chi connectivity index (χ2v) is 6.77. The van der Waals surface area contributed by atoms with Crippen LogP contribution in [0.1, 0.15) is 22.5 Å². The fourth-order valence-electron chi connectivity index (χ4n) is 2.96. The highest BCUT2D eigenvalue weighted by molar-refractivity contribution is 6.30. The fraction of sp³-hybridized carbons (Fsp3) is 0.182. The number of halogens is 1. The number of hydrogen-bond acceptors (Lipinski definition) is 5. The van der Waals surface area contributed by atoms with Gasteiger partial charge in [0.05, 0.1) is 23.6 Å². The third kappa shape index (κ3) is 4.89. The van der Waals surface area contributed by atoms with Gasteiger partial charge in [0.25, 0.3) is 5.91 Å². The minimum Gasteiger partial charge on any atom is -0.452 e. The van der Waals surface area contributed by atoms with E-state index in [9.17, 15) is 9.59 Å². The number of ether oxygens (including phenoxy) is 1. The van der Waals surface area contributed by atoms with Crippen molar-refractivity contribution in [2.24, 2.45) is 0 Å². The second-order valence-electron chi connectivity index (χ2n) is 6.34. The summed E-state index contributed by atoms with van der Waals surface area (Å²) >= 11 is 6.01. The zero-order valence-electron chi connectivity index (χ0n) is 15.8. The predicted molar refractivity (Wildman–Crippen MR) is 111 cm³/mol. The van der Waals surface area contributed by atoms with E-state index in [1.54, 1.807) is 43.3 Å². The lowest BCUT2D eigenvalue weighted by molar-refractivity contribution is -0.121. The van der Waals surface area contributed by atoms with Gasteiger partial charge >= 0.3 is 5.97 Å². The van der Waals surface area contributed by atoms with Crippen molar-refractivity contribution in [3.05, 3.63) is 70.9 Å². The maximum atomic E-state index is 12.7. The van der Waals surface area contributed by atoms with Crippen molar-refractivity contribution in [3.8, 4) is 6.07 Å². The molecule has 0 radical (unpaired) electrons. The van der Waals surface area contributed by atoms with Crippen molar-refractivity contribution >= 4 is 40.1 Å². The molecule has 0 N–H and O–H groups in total. The lowest BCUT2D eigenvalue weighted by Crippen LogP contribution is -2.35. The molecule has 2 aromatic carbocycles. The van der Waals surface area contributed by atoms with Crippen LogP contribution in [0.25, 0.3) is 10.9 Å². The number of hydrogen-bond donors (Lipinski definition) is 0. The number of para-hydroxylation sites is 1. The zero-order valence-corrected chi connectivity index (χ0v) is 16.5. The molecule has 0 unspecified atom stereocenters. The topological polar surface area (TPSA) is 83.3 Å². The van der Waals surface area contributed by atoms with Crippen LogP contribution in [0.4, 0.5) is 5.69 Å². The summed E-state index contributed by atoms with van der Waals surface area (Å²) < 4.78 is 5.29. The third-order valence-electron chi connectivity index (χ3n) is 4.26. The molecule has 0 fully saturated rings. The maximum Gasteiger partial charge on any atom is 0.339 e. The van der Waals surface area contributed by atoms with E-state index in [2.05, 4.69) is 4.98 Å². The molecule has 0 bridgehead atoms. The number of pyridine rings is 1. The van der Waals surface area contributed by atoms with Crippen molar-refractivity contribution in [1.82, 2.24) is 4.98 Å². The van der Waals surface area contributed by atoms with Crippen molar-refractivity contribution in [1.29, 1.82) is 5.26 Å². The van der Waals surface area contributed by atoms with Crippen LogP contribution in [0, 0.1) is 18.3 Å². The largest absolute Gasteiger partial charge is 0.452 e. The van der Waals surface area contributed by atoms with Crippen LogP contribution < -0.4 is 4.90 Å². The number of carbonyl (C=O) groups is 2. The highest BCUT2D eigenvalue weighted by atomic mass is 35.5. The Morgan fingerprint density at radius 1 is 1.17 bits per heavy atom. The van der Waals surface area contributed by atoms with Crippen molar-refractivity contribution in [3.63, 3.8) is 0 Å². The van der Waals surface area contributed by atoms with Crippen LogP contribution >= 0.6 is 11.6 Å². The number of aryl methyl sites for hydroxylation is 1. The first-order chi connectivity index (χ1) is 14.0. The number of anilines is 1. The molecule has 0 aliphatic rings. The number of rotatable bonds is 6. The third-order valence-corrected chi connectivity index (χ3v) is 4.49. The smallest absolute Gasteiger partial charge is 0.339 e. The number of nitrogens with zero attached hydrogens (tertiary/aromatic N) is 3. The number of fused-ring (bicyclic) bond motifs is 1. The molecule has 0 spiro atoms. The number of nitriles is 1. The molecule has 3 aromatic rings. The normalized spacial score (nSPS) is 10.4. The summed E-state index contributed by atoms with van der Waals surface area (Å²) in [6.07, 6.45) is 0.139. The highest BCUT2D eigenvalue weighted by Crippen LogP contribution is 2.21. The van der Waals surface area contributed by atoms with E-state index >= 15 is 0 Å². The summed E-state index contributed by atoms with van der Waals surface area (Å²) in [5, 5.41) is 10.0. The van der Waals surface area contributed by atoms with Gasteiger partial charge in [-0.05, 0) is 37.3 Å². The maximum absolute atomic E-state index is 12.7. The molecular weight excluding hydrogens is 390 g/mol. The van der Waals surface area contributed by atoms with Crippen molar-refractivity contribution < 1.29 is 14.3 Å². The lowest BCUT2D eigenvalue weighted by Gasteiger charge is -2.22. The Bertz CT molecular complexity index is 1110. The van der Waals surface area contributed by atoms with E-state index < -0.39 is 18.5 Å². The molecule has 0 saturated carbocycles. The van der Waals surface area contributed by atoms with Crippen LogP contribution in [0.2, 0.25) is 5.02 Å². The van der Waals surface area contributed by atoms with Crippen molar-refractivity contribution in [2.75, 3.05) is 18.1 Å². The molecule has 7 heteroatoms. The molecule has 0 aliphatic heterocycles. The predicted octanol–water partition coefficient (Wildman–Crippen LogP) is 4.30. The molecule has 3 rings (SSSR count). The molecule has 29 heavy (non-hydrogen) atoms. The molecule has 1 heterocycles. The Morgan fingerprint density at radius 3 is 2.72 bits per heavy atom. The van der Waals surface area contributed by atoms with Gasteiger partial charge < -0.3 is 9.64 Å². The van der Waals surface area contributed by atoms with Crippen LogP contribution in [0.15, 0.2) is 54.6 Å². The Labute approximate surface area is 173 Å². The van der Waals surface area contributed by atoms with Crippen LogP contribution in [-0.4, -0.2) is 30.0 Å². The van der Waals surface area contributed by atoms with E-state index in [0.717, 1.165) is 0 Å². The standard InChI is InChI=1S/C22H18ClN3O3/c1-15-12-19(18-8-2-3-9-20(18)25-15)22(28)29-14-21(27)26(11-5-10-24)17-7-4-6-16(23)13-17/h2-4,6-9,12-13H,5,11,14H2,1H3. The number of carbonyl (C=O) groups excluding carboxylic acids is 2. The number of aromatic nitrogens is 1. The molecule has 1 aromatic heterocycles. The summed E-state index contributed by atoms with van der Waals surface area (Å²) in [6, 6.07) is 17.6. The van der Waals surface area contributed by atoms with Gasteiger partial charge in [-0.3, -0.25) is 9.78 Å². The van der Waals surface area contributed by atoms with Crippen LogP contribution in [0.3, 0.4) is 0 Å². The fourth-order valence-corrected chi connectivity index (χ4v) is 3.15. The average Bonchev–Trinajstić information content (AvgIpc) is 2.71. The second kappa shape index (κ2) is 9.18. The van der Waals surface area contributed by atoms with Gasteiger partial charge in [-0.15, -0.1) is 0 Å². The summed E-state index contributed by atoms with van der Waals surface area (Å²) in [4.78, 5) is 31.1. The SMILES string of the molecule is Cc1cc(C(=O)OCC(=O)N(CCC#N)c2cccc(Cl)c2)c2ccccc2n1. The van der Waals surface area contributed by atoms with Gasteiger partial charge in [-0.1, -0.05) is 35.9 Å². The summed E-state index contributed by atoms with van der Waals surface area (Å²) in [5.41, 5.74) is 2.25. The summed E-state index contributed by atoms with van der Waals surface area (Å²) in [6.45, 7) is 1.51. The first-order valence-corrected chi connectivity index (χ1v) is 9.34. The molecule has 6 nitrogen and oxygen atoms in total. The van der Waals surface area contributed by atoms with Crippen molar-refractivity contribution in [2.45, 2.75) is 13.3 Å². The minimum absolute atomic E-state index is 0.139. The lowest BCUT2D eigenvalue weighted by atomic mass is 10.1. The van der Waals surface area contributed by atoms with Gasteiger partial charge in [-0.2, -0.15) is 5.26 Å². The first kappa shape index (κ1) is 20.3. The Hall–Kier alpha value is -3.43. The summed E-state index contributed by atoms with van der Waals surface area (Å²) in [5.74, 6) is -1.04. The van der Waals surface area contributed by atoms with Gasteiger partial charge in [0.15, 0.2) is 6.61 Å². The molecule has 0 aliphatic carbocycles. The average molecular weight is 408 g/mol. The Balaban J connectivity index is 1.78. The minimum atomic E-state index is -0.605. The monoisotopic (exact) mass is 407 g/mol. The van der Waals surface area contributed by atoms with E-state index in [1.165, 1.54) is 4.90 Å². The van der Waals surface area contributed by atoms with Gasteiger partial charge in [0, 0.05) is 28.3 Å². The Kier molecular flexibility index (Phi) is 6.43. The van der Waals surface area contributed by atoms with E-state index in [-0.39, 0.29) is 13.0 Å². The molecule has 0 atom stereocenters. The Morgan fingerprint density at radius 2 is 1.97 bits per heavy atom. The van der Waals surface area contributed by atoms with Gasteiger partial charge in [-0.25, -0.2) is 4.79 Å². The van der Waals surface area contributed by atoms with Gasteiger partial charge in [0.1, 0.15) is 0 Å². The van der Waals surface area contributed by atoms with E-state index in [4.69, 9.17) is 21.6 Å². The number of esters is 1. The van der Waals surface area contributed by atoms with Gasteiger partial charge in [0.2, 0.25) is 0 Å². The highest BCUT2D eigenvalue weighted by Gasteiger charge is 2.20. The quantitative estimate of drug-likeness (QED) is 0.569. The van der Waals surface area contributed by atoms with Crippen LogP contribution in [0.5, 0.6) is 0 Å². The number of benzene rings is 2. The van der Waals surface area contributed by atoms with E-state index in [1.807, 2.05) is 24.3 Å². The number of amides is 1. The molecule has 146 valence electrons.